The molecule has 0 aromatic heterocycles. The molecule has 25 heavy (non-hydrogen) atoms. The van der Waals surface area contributed by atoms with Gasteiger partial charge < -0.3 is 9.64 Å². The monoisotopic (exact) mass is 355 g/mol. The number of fused-ring (bicyclic) bond motifs is 1. The molecule has 130 valence electrons. The van der Waals surface area contributed by atoms with Gasteiger partial charge in [0.15, 0.2) is 0 Å². The fourth-order valence-electron chi connectivity index (χ4n) is 3.76. The summed E-state index contributed by atoms with van der Waals surface area (Å²) in [6.07, 6.45) is 4.62. The second-order valence-corrected chi connectivity index (χ2v) is 7.29. The molecule has 0 bridgehead atoms. The number of morpholine rings is 1. The molecule has 1 amide bonds. The maximum Gasteiger partial charge on any atom is 0.254 e. The summed E-state index contributed by atoms with van der Waals surface area (Å²) in [5.41, 5.74) is 4.62. The highest BCUT2D eigenvalue weighted by molar-refractivity contribution is 6.30. The third-order valence-electron chi connectivity index (χ3n) is 5.19. The first kappa shape index (κ1) is 16.6. The van der Waals surface area contributed by atoms with E-state index in [0.717, 1.165) is 24.0 Å². The molecular weight excluding hydrogens is 334 g/mol. The van der Waals surface area contributed by atoms with Crippen LogP contribution in [0.2, 0.25) is 5.02 Å². The van der Waals surface area contributed by atoms with Crippen molar-refractivity contribution in [3.05, 3.63) is 69.7 Å². The molecule has 0 saturated carbocycles. The number of halogens is 1. The Kier molecular flexibility index (Phi) is 4.78. The topological polar surface area (TPSA) is 29.5 Å². The zero-order chi connectivity index (χ0) is 17.2. The molecule has 1 atom stereocenters. The minimum atomic E-state index is -0.0902. The number of carbonyl (C=O) groups is 1. The average molecular weight is 356 g/mol. The van der Waals surface area contributed by atoms with Crippen LogP contribution in [-0.4, -0.2) is 30.5 Å². The maximum atomic E-state index is 13.0. The quantitative estimate of drug-likeness (QED) is 0.797. The number of amides is 1. The summed E-state index contributed by atoms with van der Waals surface area (Å²) in [7, 11) is 0. The molecule has 2 aromatic rings. The van der Waals surface area contributed by atoms with E-state index in [0.29, 0.717) is 24.7 Å². The lowest BCUT2D eigenvalue weighted by atomic mass is 9.90. The third kappa shape index (κ3) is 3.58. The Labute approximate surface area is 153 Å². The highest BCUT2D eigenvalue weighted by atomic mass is 35.5. The van der Waals surface area contributed by atoms with Crippen molar-refractivity contribution in [3.8, 4) is 0 Å². The number of rotatable bonds is 2. The smallest absolute Gasteiger partial charge is 0.254 e. The van der Waals surface area contributed by atoms with Gasteiger partial charge in [-0.15, -0.1) is 0 Å². The van der Waals surface area contributed by atoms with Gasteiger partial charge in [0.1, 0.15) is 6.10 Å². The van der Waals surface area contributed by atoms with Crippen LogP contribution in [-0.2, 0) is 17.6 Å². The number of ether oxygens (including phenoxy) is 1. The SMILES string of the molecule is O=C(c1ccc2c(c1)CCCC2)N1CCOC(c2ccc(Cl)cc2)C1. The van der Waals surface area contributed by atoms with Crippen LogP contribution in [0.5, 0.6) is 0 Å². The minimum absolute atomic E-state index is 0.0902. The molecule has 2 aliphatic rings. The van der Waals surface area contributed by atoms with Crippen LogP contribution < -0.4 is 0 Å². The Morgan fingerprint density at radius 2 is 1.80 bits per heavy atom. The minimum Gasteiger partial charge on any atom is -0.370 e. The molecule has 1 saturated heterocycles. The van der Waals surface area contributed by atoms with Crippen LogP contribution in [0.25, 0.3) is 0 Å². The highest BCUT2D eigenvalue weighted by Gasteiger charge is 2.26. The normalized spacial score (nSPS) is 20.2. The third-order valence-corrected chi connectivity index (χ3v) is 5.44. The van der Waals surface area contributed by atoms with Crippen LogP contribution in [0.3, 0.4) is 0 Å². The highest BCUT2D eigenvalue weighted by Crippen LogP contribution is 2.26. The van der Waals surface area contributed by atoms with E-state index in [1.807, 2.05) is 35.2 Å². The number of benzene rings is 2. The molecule has 0 spiro atoms. The first-order chi connectivity index (χ1) is 12.2. The Bertz CT molecular complexity index is 772. The molecule has 0 radical (unpaired) electrons. The Morgan fingerprint density at radius 1 is 1.04 bits per heavy atom. The maximum absolute atomic E-state index is 13.0. The number of hydrogen-bond acceptors (Lipinski definition) is 2. The summed E-state index contributed by atoms with van der Waals surface area (Å²) in [6.45, 7) is 1.78. The molecule has 1 unspecified atom stereocenters. The Morgan fingerprint density at radius 3 is 2.60 bits per heavy atom. The summed E-state index contributed by atoms with van der Waals surface area (Å²) in [4.78, 5) is 14.9. The summed E-state index contributed by atoms with van der Waals surface area (Å²) in [5, 5.41) is 0.710. The van der Waals surface area contributed by atoms with Gasteiger partial charge in [-0.2, -0.15) is 0 Å². The Balaban J connectivity index is 1.51. The number of aryl methyl sites for hydroxylation is 2. The van der Waals surface area contributed by atoms with Gasteiger partial charge >= 0.3 is 0 Å². The van der Waals surface area contributed by atoms with Crippen molar-refractivity contribution in [2.75, 3.05) is 19.7 Å². The van der Waals surface area contributed by atoms with Crippen molar-refractivity contribution < 1.29 is 9.53 Å². The predicted molar refractivity (Wildman–Crippen MR) is 99.1 cm³/mol. The van der Waals surface area contributed by atoms with Gasteiger partial charge in [-0.1, -0.05) is 29.8 Å². The van der Waals surface area contributed by atoms with Crippen molar-refractivity contribution in [1.29, 1.82) is 0 Å². The van der Waals surface area contributed by atoms with Gasteiger partial charge in [-0.05, 0) is 66.6 Å². The van der Waals surface area contributed by atoms with Crippen molar-refractivity contribution in [2.24, 2.45) is 0 Å². The summed E-state index contributed by atoms with van der Waals surface area (Å²) in [5.74, 6) is 0.107. The standard InChI is InChI=1S/C21H22ClNO2/c22-19-9-7-16(8-10-19)20-14-23(11-12-25-20)21(24)18-6-5-15-3-1-2-4-17(15)13-18/h5-10,13,20H,1-4,11-12,14H2. The predicted octanol–water partition coefficient (Wildman–Crippen LogP) is 4.43. The van der Waals surface area contributed by atoms with Crippen molar-refractivity contribution >= 4 is 17.5 Å². The summed E-state index contributed by atoms with van der Waals surface area (Å²) >= 11 is 5.96. The van der Waals surface area contributed by atoms with Gasteiger partial charge in [0.05, 0.1) is 13.2 Å². The zero-order valence-electron chi connectivity index (χ0n) is 14.2. The van der Waals surface area contributed by atoms with Gasteiger partial charge in [-0.25, -0.2) is 0 Å². The van der Waals surface area contributed by atoms with E-state index < -0.39 is 0 Å². The molecular formula is C21H22ClNO2. The lowest BCUT2D eigenvalue weighted by molar-refractivity contribution is -0.0228. The summed E-state index contributed by atoms with van der Waals surface area (Å²) in [6, 6.07) is 13.9. The zero-order valence-corrected chi connectivity index (χ0v) is 15.0. The lowest BCUT2D eigenvalue weighted by Crippen LogP contribution is -2.42. The molecule has 0 N–H and O–H groups in total. The number of nitrogens with zero attached hydrogens (tertiary/aromatic N) is 1. The fourth-order valence-corrected chi connectivity index (χ4v) is 3.89. The van der Waals surface area contributed by atoms with E-state index in [9.17, 15) is 4.79 Å². The molecule has 1 fully saturated rings. The lowest BCUT2D eigenvalue weighted by Gasteiger charge is -2.33. The molecule has 1 heterocycles. The largest absolute Gasteiger partial charge is 0.370 e. The van der Waals surface area contributed by atoms with E-state index in [-0.39, 0.29) is 12.0 Å². The molecule has 1 aliphatic carbocycles. The van der Waals surface area contributed by atoms with E-state index >= 15 is 0 Å². The van der Waals surface area contributed by atoms with Crippen LogP contribution in [0.15, 0.2) is 42.5 Å². The second-order valence-electron chi connectivity index (χ2n) is 6.85. The van der Waals surface area contributed by atoms with Crippen molar-refractivity contribution in [2.45, 2.75) is 31.8 Å². The molecule has 4 rings (SSSR count). The molecule has 2 aromatic carbocycles. The summed E-state index contributed by atoms with van der Waals surface area (Å²) < 4.78 is 5.87. The van der Waals surface area contributed by atoms with Crippen LogP contribution in [0.1, 0.15) is 46.0 Å². The first-order valence-corrected chi connectivity index (χ1v) is 9.36. The number of hydrogen-bond donors (Lipinski definition) is 0. The molecule has 4 heteroatoms. The second kappa shape index (κ2) is 7.19. The van der Waals surface area contributed by atoms with Crippen LogP contribution >= 0.6 is 11.6 Å². The van der Waals surface area contributed by atoms with E-state index in [4.69, 9.17) is 16.3 Å². The first-order valence-electron chi connectivity index (χ1n) is 8.99. The number of carbonyl (C=O) groups excluding carboxylic acids is 1. The van der Waals surface area contributed by atoms with E-state index in [1.54, 1.807) is 0 Å². The van der Waals surface area contributed by atoms with E-state index in [1.165, 1.54) is 24.0 Å². The Hall–Kier alpha value is -1.84. The van der Waals surface area contributed by atoms with Gasteiger partial charge in [0, 0.05) is 17.1 Å². The van der Waals surface area contributed by atoms with Crippen LogP contribution in [0.4, 0.5) is 0 Å². The van der Waals surface area contributed by atoms with Crippen molar-refractivity contribution in [3.63, 3.8) is 0 Å². The van der Waals surface area contributed by atoms with Gasteiger partial charge in [0.2, 0.25) is 0 Å². The van der Waals surface area contributed by atoms with Crippen molar-refractivity contribution in [1.82, 2.24) is 4.90 Å². The average Bonchev–Trinajstić information content (AvgIpc) is 2.68. The van der Waals surface area contributed by atoms with Gasteiger partial charge in [-0.3, -0.25) is 4.79 Å². The molecule has 3 nitrogen and oxygen atoms in total. The van der Waals surface area contributed by atoms with E-state index in [2.05, 4.69) is 12.1 Å². The molecule has 1 aliphatic heterocycles. The van der Waals surface area contributed by atoms with Gasteiger partial charge in [0.25, 0.3) is 5.91 Å². The fraction of sp³-hybridized carbons (Fsp3) is 0.381. The van der Waals surface area contributed by atoms with Crippen LogP contribution in [0, 0.1) is 0 Å².